The number of guanidine groups is 1. The second-order valence-electron chi connectivity index (χ2n) is 5.38. The molecule has 0 radical (unpaired) electrons. The van der Waals surface area contributed by atoms with Crippen molar-refractivity contribution in [3.63, 3.8) is 0 Å². The molecule has 20 heavy (non-hydrogen) atoms. The van der Waals surface area contributed by atoms with Gasteiger partial charge in [-0.25, -0.2) is 0 Å². The highest BCUT2D eigenvalue weighted by Gasteiger charge is 2.09. The third kappa shape index (κ3) is 7.70. The average Bonchev–Trinajstić information content (AvgIpc) is 2.48. The maximum absolute atomic E-state index is 5.35. The Balaban J connectivity index is 2.15. The number of hydrogen-bond donors (Lipinski definition) is 2. The van der Waals surface area contributed by atoms with E-state index in [2.05, 4.69) is 41.3 Å². The average molecular weight is 284 g/mol. The van der Waals surface area contributed by atoms with E-state index in [9.17, 15) is 0 Å². The maximum atomic E-state index is 5.35. The molecule has 1 aliphatic heterocycles. The second kappa shape index (κ2) is 10.9. The van der Waals surface area contributed by atoms with Gasteiger partial charge in [0.1, 0.15) is 0 Å². The van der Waals surface area contributed by atoms with Gasteiger partial charge in [-0.1, -0.05) is 6.92 Å². The van der Waals surface area contributed by atoms with Crippen molar-refractivity contribution in [2.75, 3.05) is 45.9 Å². The van der Waals surface area contributed by atoms with Crippen molar-refractivity contribution in [3.05, 3.63) is 0 Å². The number of nitrogens with zero attached hydrogens (tertiary/aromatic N) is 2. The zero-order valence-electron chi connectivity index (χ0n) is 13.5. The van der Waals surface area contributed by atoms with Gasteiger partial charge in [0.05, 0.1) is 13.2 Å². The monoisotopic (exact) mass is 284 g/mol. The lowest BCUT2D eigenvalue weighted by molar-refractivity contribution is 0.0373. The van der Waals surface area contributed by atoms with Gasteiger partial charge < -0.3 is 15.4 Å². The van der Waals surface area contributed by atoms with Crippen LogP contribution in [0.2, 0.25) is 0 Å². The molecular formula is C15H32N4O. The van der Waals surface area contributed by atoms with Gasteiger partial charge in [-0.2, -0.15) is 0 Å². The Morgan fingerprint density at radius 1 is 1.25 bits per heavy atom. The van der Waals surface area contributed by atoms with E-state index >= 15 is 0 Å². The van der Waals surface area contributed by atoms with Crippen LogP contribution in [0.5, 0.6) is 0 Å². The highest BCUT2D eigenvalue weighted by Crippen LogP contribution is 2.00. The van der Waals surface area contributed by atoms with Gasteiger partial charge >= 0.3 is 0 Å². The predicted molar refractivity (Wildman–Crippen MR) is 85.4 cm³/mol. The summed E-state index contributed by atoms with van der Waals surface area (Å²) in [7, 11) is 0. The Bertz CT molecular complexity index is 265. The van der Waals surface area contributed by atoms with Gasteiger partial charge in [-0.15, -0.1) is 0 Å². The minimum atomic E-state index is 0.473. The molecule has 0 bridgehead atoms. The zero-order chi connectivity index (χ0) is 14.6. The molecule has 0 aliphatic carbocycles. The Morgan fingerprint density at radius 2 is 2.00 bits per heavy atom. The predicted octanol–water partition coefficient (Wildman–Crippen LogP) is 1.45. The molecule has 118 valence electrons. The Labute approximate surface area is 124 Å². The van der Waals surface area contributed by atoms with E-state index in [1.807, 2.05) is 0 Å². The lowest BCUT2D eigenvalue weighted by atomic mass is 10.2. The molecule has 0 spiro atoms. The van der Waals surface area contributed by atoms with E-state index in [-0.39, 0.29) is 0 Å². The van der Waals surface area contributed by atoms with Crippen LogP contribution in [-0.4, -0.2) is 62.8 Å². The van der Waals surface area contributed by atoms with Crippen LogP contribution < -0.4 is 10.6 Å². The summed E-state index contributed by atoms with van der Waals surface area (Å²) >= 11 is 0. The molecule has 1 atom stereocenters. The number of hydrogen-bond acceptors (Lipinski definition) is 3. The van der Waals surface area contributed by atoms with Crippen LogP contribution in [0.1, 0.15) is 40.0 Å². The molecule has 0 aromatic carbocycles. The molecule has 1 heterocycles. The van der Waals surface area contributed by atoms with Crippen molar-refractivity contribution >= 4 is 5.96 Å². The summed E-state index contributed by atoms with van der Waals surface area (Å²) in [6, 6.07) is 0.473. The second-order valence-corrected chi connectivity index (χ2v) is 5.38. The molecule has 5 heteroatoms. The summed E-state index contributed by atoms with van der Waals surface area (Å²) in [5.41, 5.74) is 0. The maximum Gasteiger partial charge on any atom is 0.191 e. The first-order valence-electron chi connectivity index (χ1n) is 8.11. The summed E-state index contributed by atoms with van der Waals surface area (Å²) in [6.45, 7) is 13.4. The van der Waals surface area contributed by atoms with Gasteiger partial charge in [-0.3, -0.25) is 9.89 Å². The fourth-order valence-electron chi connectivity index (χ4n) is 2.12. The molecule has 1 fully saturated rings. The quantitative estimate of drug-likeness (QED) is 0.402. The Morgan fingerprint density at radius 3 is 2.65 bits per heavy atom. The molecule has 0 amide bonds. The normalized spacial score (nSPS) is 18.9. The van der Waals surface area contributed by atoms with Crippen molar-refractivity contribution in [2.45, 2.75) is 46.1 Å². The van der Waals surface area contributed by atoms with Crippen molar-refractivity contribution in [1.29, 1.82) is 0 Å². The van der Waals surface area contributed by atoms with Crippen molar-refractivity contribution in [1.82, 2.24) is 15.5 Å². The van der Waals surface area contributed by atoms with Crippen molar-refractivity contribution < 1.29 is 4.74 Å². The molecular weight excluding hydrogens is 252 g/mol. The van der Waals surface area contributed by atoms with Gasteiger partial charge in [0.25, 0.3) is 0 Å². The van der Waals surface area contributed by atoms with Crippen LogP contribution >= 0.6 is 0 Å². The third-order valence-electron chi connectivity index (χ3n) is 3.60. The minimum Gasteiger partial charge on any atom is -0.379 e. The van der Waals surface area contributed by atoms with E-state index < -0.39 is 0 Å². The molecule has 1 aliphatic rings. The molecule has 0 aromatic rings. The highest BCUT2D eigenvalue weighted by molar-refractivity contribution is 5.79. The molecule has 1 saturated heterocycles. The number of rotatable bonds is 8. The lowest BCUT2D eigenvalue weighted by Gasteiger charge is -2.26. The highest BCUT2D eigenvalue weighted by atomic mass is 16.5. The lowest BCUT2D eigenvalue weighted by Crippen LogP contribution is -2.42. The Kier molecular flexibility index (Phi) is 9.41. The summed E-state index contributed by atoms with van der Waals surface area (Å²) < 4.78 is 5.35. The van der Waals surface area contributed by atoms with E-state index in [1.54, 1.807) is 0 Å². The first-order chi connectivity index (χ1) is 9.76. The number of ether oxygens (including phenoxy) is 1. The fourth-order valence-corrected chi connectivity index (χ4v) is 2.12. The number of nitrogens with one attached hydrogen (secondary N) is 2. The first kappa shape index (κ1) is 17.2. The third-order valence-corrected chi connectivity index (χ3v) is 3.60. The van der Waals surface area contributed by atoms with Crippen LogP contribution in [0.15, 0.2) is 4.99 Å². The van der Waals surface area contributed by atoms with Crippen molar-refractivity contribution in [3.8, 4) is 0 Å². The van der Waals surface area contributed by atoms with Gasteiger partial charge in [-0.05, 0) is 39.7 Å². The van der Waals surface area contributed by atoms with Crippen molar-refractivity contribution in [2.24, 2.45) is 4.99 Å². The first-order valence-corrected chi connectivity index (χ1v) is 8.11. The molecule has 5 nitrogen and oxygen atoms in total. The standard InChI is InChI=1S/C15H32N4O/c1-4-14(3)18-15(16-5-2)17-8-6-7-9-19-10-12-20-13-11-19/h14H,4-13H2,1-3H3,(H2,16,17,18). The number of aliphatic imine (C=N–C) groups is 1. The van der Waals surface area contributed by atoms with Crippen LogP contribution in [0.3, 0.4) is 0 Å². The van der Waals surface area contributed by atoms with Gasteiger partial charge in [0.15, 0.2) is 5.96 Å². The molecule has 1 rings (SSSR count). The summed E-state index contributed by atoms with van der Waals surface area (Å²) in [6.07, 6.45) is 3.47. The van der Waals surface area contributed by atoms with Crippen LogP contribution in [0.25, 0.3) is 0 Å². The summed E-state index contributed by atoms with van der Waals surface area (Å²) in [5, 5.41) is 6.72. The Hall–Kier alpha value is -0.810. The minimum absolute atomic E-state index is 0.473. The molecule has 0 saturated carbocycles. The van der Waals surface area contributed by atoms with Gasteiger partial charge in [0.2, 0.25) is 0 Å². The summed E-state index contributed by atoms with van der Waals surface area (Å²) in [5.74, 6) is 0.952. The smallest absolute Gasteiger partial charge is 0.191 e. The number of unbranched alkanes of at least 4 members (excludes halogenated alkanes) is 1. The number of morpholine rings is 1. The molecule has 0 aromatic heterocycles. The van der Waals surface area contributed by atoms with Crippen LogP contribution in [-0.2, 0) is 4.74 Å². The van der Waals surface area contributed by atoms with E-state index in [0.717, 1.165) is 58.2 Å². The largest absolute Gasteiger partial charge is 0.379 e. The van der Waals surface area contributed by atoms with E-state index in [1.165, 1.54) is 13.0 Å². The summed E-state index contributed by atoms with van der Waals surface area (Å²) in [4.78, 5) is 7.12. The molecule has 1 unspecified atom stereocenters. The zero-order valence-corrected chi connectivity index (χ0v) is 13.5. The van der Waals surface area contributed by atoms with Crippen LogP contribution in [0.4, 0.5) is 0 Å². The van der Waals surface area contributed by atoms with E-state index in [4.69, 9.17) is 4.74 Å². The van der Waals surface area contributed by atoms with Gasteiger partial charge in [0, 0.05) is 32.2 Å². The SMILES string of the molecule is CCNC(=NCCCCN1CCOCC1)NC(C)CC. The molecule has 2 N–H and O–H groups in total. The van der Waals surface area contributed by atoms with E-state index in [0.29, 0.717) is 6.04 Å². The topological polar surface area (TPSA) is 48.9 Å². The fraction of sp³-hybridized carbons (Fsp3) is 0.933. The van der Waals surface area contributed by atoms with Crippen LogP contribution in [0, 0.1) is 0 Å².